The van der Waals surface area contributed by atoms with Gasteiger partial charge in [0, 0.05) is 57.8 Å². The molecule has 9 heteroatoms. The molecule has 4 heterocycles. The summed E-state index contributed by atoms with van der Waals surface area (Å²) in [6, 6.07) is 6.13. The molecule has 3 aliphatic heterocycles. The van der Waals surface area contributed by atoms with Gasteiger partial charge in [0.2, 0.25) is 0 Å². The SMILES string of the molecule is CCNC(=NCC1(N2CCOCC2)CCSC1)N1CCN(c2ccccn2)CC1.I. The van der Waals surface area contributed by atoms with Crippen LogP contribution in [-0.4, -0.2) is 103 Å². The minimum atomic E-state index is 0. The minimum Gasteiger partial charge on any atom is -0.379 e. The number of anilines is 1. The Bertz CT molecular complexity index is 659. The molecule has 1 aromatic heterocycles. The van der Waals surface area contributed by atoms with E-state index in [0.29, 0.717) is 0 Å². The summed E-state index contributed by atoms with van der Waals surface area (Å²) in [5, 5.41) is 3.54. The summed E-state index contributed by atoms with van der Waals surface area (Å²) in [6.45, 7) is 11.6. The number of hydrogen-bond donors (Lipinski definition) is 1. The van der Waals surface area contributed by atoms with Crippen LogP contribution in [0.5, 0.6) is 0 Å². The van der Waals surface area contributed by atoms with Gasteiger partial charge >= 0.3 is 0 Å². The van der Waals surface area contributed by atoms with Gasteiger partial charge in [-0.05, 0) is 31.2 Å². The first-order valence-corrected chi connectivity index (χ1v) is 12.1. The fraction of sp³-hybridized carbons (Fsp3) is 0.714. The van der Waals surface area contributed by atoms with E-state index < -0.39 is 0 Å². The van der Waals surface area contributed by atoms with Crippen molar-refractivity contribution in [2.24, 2.45) is 4.99 Å². The Morgan fingerprint density at radius 1 is 1.20 bits per heavy atom. The quantitative estimate of drug-likeness (QED) is 0.345. The van der Waals surface area contributed by atoms with E-state index in [-0.39, 0.29) is 29.5 Å². The number of halogens is 1. The molecule has 3 saturated heterocycles. The number of pyridine rings is 1. The second-order valence-electron chi connectivity index (χ2n) is 7.96. The van der Waals surface area contributed by atoms with Gasteiger partial charge in [0.1, 0.15) is 5.82 Å². The van der Waals surface area contributed by atoms with E-state index in [2.05, 4.69) is 55.8 Å². The van der Waals surface area contributed by atoms with Crippen molar-refractivity contribution in [2.45, 2.75) is 18.9 Å². The lowest BCUT2D eigenvalue weighted by atomic mass is 9.96. The molecule has 3 aliphatic rings. The first kappa shape index (κ1) is 23.9. The molecule has 4 rings (SSSR count). The highest BCUT2D eigenvalue weighted by molar-refractivity contribution is 14.0. The van der Waals surface area contributed by atoms with Crippen molar-refractivity contribution in [1.29, 1.82) is 0 Å². The van der Waals surface area contributed by atoms with E-state index in [4.69, 9.17) is 9.73 Å². The van der Waals surface area contributed by atoms with Gasteiger partial charge in [0.05, 0.1) is 25.3 Å². The predicted molar refractivity (Wildman–Crippen MR) is 136 cm³/mol. The summed E-state index contributed by atoms with van der Waals surface area (Å²) in [4.78, 5) is 17.1. The fourth-order valence-corrected chi connectivity index (χ4v) is 5.91. The monoisotopic (exact) mass is 546 g/mol. The lowest BCUT2D eigenvalue weighted by molar-refractivity contribution is -0.0105. The zero-order valence-electron chi connectivity index (χ0n) is 18.0. The third kappa shape index (κ3) is 5.72. The Morgan fingerprint density at radius 2 is 2.00 bits per heavy atom. The molecule has 0 saturated carbocycles. The lowest BCUT2D eigenvalue weighted by Crippen LogP contribution is -2.57. The highest BCUT2D eigenvalue weighted by Crippen LogP contribution is 2.34. The molecule has 1 atom stereocenters. The second-order valence-corrected chi connectivity index (χ2v) is 9.06. The summed E-state index contributed by atoms with van der Waals surface area (Å²) in [5.74, 6) is 4.57. The molecule has 1 unspecified atom stereocenters. The van der Waals surface area contributed by atoms with Crippen LogP contribution in [0.1, 0.15) is 13.3 Å². The molecular weight excluding hydrogens is 511 g/mol. The van der Waals surface area contributed by atoms with E-state index in [1.165, 1.54) is 17.9 Å². The largest absolute Gasteiger partial charge is 0.379 e. The number of thioether (sulfide) groups is 1. The molecule has 0 aromatic carbocycles. The first-order chi connectivity index (χ1) is 14.3. The average Bonchev–Trinajstić information content (AvgIpc) is 3.28. The lowest BCUT2D eigenvalue weighted by Gasteiger charge is -2.42. The topological polar surface area (TPSA) is 56.2 Å². The van der Waals surface area contributed by atoms with Gasteiger partial charge in [-0.15, -0.1) is 24.0 Å². The van der Waals surface area contributed by atoms with Crippen molar-refractivity contribution in [1.82, 2.24) is 20.1 Å². The number of rotatable bonds is 5. The van der Waals surface area contributed by atoms with Crippen molar-refractivity contribution in [3.05, 3.63) is 24.4 Å². The fourth-order valence-electron chi connectivity index (χ4n) is 4.44. The van der Waals surface area contributed by atoms with Crippen molar-refractivity contribution in [3.8, 4) is 0 Å². The average molecular weight is 547 g/mol. The second kappa shape index (κ2) is 11.7. The third-order valence-electron chi connectivity index (χ3n) is 6.17. The third-order valence-corrected chi connectivity index (χ3v) is 7.41. The summed E-state index contributed by atoms with van der Waals surface area (Å²) in [7, 11) is 0. The number of aromatic nitrogens is 1. The Kier molecular flexibility index (Phi) is 9.33. The number of ether oxygens (including phenoxy) is 1. The van der Waals surface area contributed by atoms with Crippen LogP contribution in [0.4, 0.5) is 5.82 Å². The minimum absolute atomic E-state index is 0. The van der Waals surface area contributed by atoms with Gasteiger partial charge in [-0.1, -0.05) is 6.07 Å². The molecule has 0 bridgehead atoms. The molecule has 0 amide bonds. The van der Waals surface area contributed by atoms with Crippen molar-refractivity contribution < 1.29 is 4.74 Å². The highest BCUT2D eigenvalue weighted by Gasteiger charge is 2.40. The van der Waals surface area contributed by atoms with Crippen LogP contribution in [-0.2, 0) is 4.74 Å². The van der Waals surface area contributed by atoms with Crippen LogP contribution < -0.4 is 10.2 Å². The zero-order valence-corrected chi connectivity index (χ0v) is 21.1. The van der Waals surface area contributed by atoms with E-state index in [9.17, 15) is 0 Å². The van der Waals surface area contributed by atoms with E-state index in [1.807, 2.05) is 12.3 Å². The molecule has 3 fully saturated rings. The van der Waals surface area contributed by atoms with Gasteiger partial charge < -0.3 is 19.9 Å². The molecule has 0 radical (unpaired) electrons. The first-order valence-electron chi connectivity index (χ1n) is 10.9. The molecule has 0 spiro atoms. The van der Waals surface area contributed by atoms with Gasteiger partial charge in [0.25, 0.3) is 0 Å². The predicted octanol–water partition coefficient (Wildman–Crippen LogP) is 2.00. The van der Waals surface area contributed by atoms with Crippen LogP contribution in [0.15, 0.2) is 29.4 Å². The van der Waals surface area contributed by atoms with Crippen LogP contribution >= 0.6 is 35.7 Å². The van der Waals surface area contributed by atoms with Crippen molar-refractivity contribution >= 4 is 47.5 Å². The molecule has 7 nitrogen and oxygen atoms in total. The summed E-state index contributed by atoms with van der Waals surface area (Å²) >= 11 is 2.07. The number of hydrogen-bond acceptors (Lipinski definition) is 6. The van der Waals surface area contributed by atoms with Crippen molar-refractivity contribution in [2.75, 3.05) is 82.0 Å². The Labute approximate surface area is 202 Å². The van der Waals surface area contributed by atoms with Crippen LogP contribution in [0.25, 0.3) is 0 Å². The number of nitrogens with one attached hydrogen (secondary N) is 1. The molecule has 0 aliphatic carbocycles. The van der Waals surface area contributed by atoms with Crippen LogP contribution in [0.3, 0.4) is 0 Å². The van der Waals surface area contributed by atoms with E-state index in [0.717, 1.165) is 77.3 Å². The van der Waals surface area contributed by atoms with Gasteiger partial charge in [-0.2, -0.15) is 11.8 Å². The molecule has 30 heavy (non-hydrogen) atoms. The van der Waals surface area contributed by atoms with Gasteiger partial charge in [-0.25, -0.2) is 4.98 Å². The maximum Gasteiger partial charge on any atom is 0.194 e. The summed E-state index contributed by atoms with van der Waals surface area (Å²) < 4.78 is 5.60. The number of morpholine rings is 1. The van der Waals surface area contributed by atoms with Crippen LogP contribution in [0.2, 0.25) is 0 Å². The Hall–Kier alpha value is -0.780. The normalized spacial score (nSPS) is 25.8. The highest BCUT2D eigenvalue weighted by atomic mass is 127. The Morgan fingerprint density at radius 3 is 2.63 bits per heavy atom. The molecule has 1 N–H and O–H groups in total. The maximum absolute atomic E-state index is 5.60. The molecular formula is C21H35IN6OS. The number of guanidine groups is 1. The number of nitrogens with zero attached hydrogens (tertiary/aromatic N) is 5. The molecule has 1 aromatic rings. The van der Waals surface area contributed by atoms with Gasteiger partial charge in [0.15, 0.2) is 5.96 Å². The number of aliphatic imine (C=N–C) groups is 1. The van der Waals surface area contributed by atoms with E-state index in [1.54, 1.807) is 0 Å². The summed E-state index contributed by atoms with van der Waals surface area (Å²) in [5.41, 5.74) is 0.199. The van der Waals surface area contributed by atoms with Crippen LogP contribution in [0, 0.1) is 0 Å². The van der Waals surface area contributed by atoms with Crippen molar-refractivity contribution in [3.63, 3.8) is 0 Å². The molecule has 168 valence electrons. The standard InChI is InChI=1S/C21H34N6OS.HI/c1-2-22-20(26-10-8-25(9-11-26)19-5-3-4-7-23-19)24-17-21(6-16-29-18-21)27-12-14-28-15-13-27;/h3-5,7H,2,6,8-18H2,1H3,(H,22,24);1H. The zero-order chi connectivity index (χ0) is 19.9. The smallest absolute Gasteiger partial charge is 0.194 e. The summed E-state index contributed by atoms with van der Waals surface area (Å²) in [6.07, 6.45) is 3.10. The van der Waals surface area contributed by atoms with Gasteiger partial charge in [-0.3, -0.25) is 9.89 Å². The Balaban J connectivity index is 0.00000256. The number of piperazine rings is 1. The maximum atomic E-state index is 5.60. The van der Waals surface area contributed by atoms with E-state index >= 15 is 0 Å².